The SMILES string of the molecule is NC(=O)c1ccc(CN2CC(O)(C3CC3)C2)c([N+](=O)[O-])c1. The largest absolute Gasteiger partial charge is 0.387 e. The van der Waals surface area contributed by atoms with Crippen molar-refractivity contribution in [2.75, 3.05) is 13.1 Å². The van der Waals surface area contributed by atoms with Crippen molar-refractivity contribution in [3.8, 4) is 0 Å². The number of rotatable bonds is 5. The van der Waals surface area contributed by atoms with E-state index in [-0.39, 0.29) is 11.3 Å². The summed E-state index contributed by atoms with van der Waals surface area (Å²) in [5.74, 6) is -0.294. The molecule has 2 aliphatic rings. The third-order valence-corrected chi connectivity index (χ3v) is 4.29. The van der Waals surface area contributed by atoms with Crippen LogP contribution in [0.3, 0.4) is 0 Å². The highest BCUT2D eigenvalue weighted by Crippen LogP contribution is 2.45. The maximum absolute atomic E-state index is 11.1. The third kappa shape index (κ3) is 2.62. The number of hydrogen-bond acceptors (Lipinski definition) is 5. The topological polar surface area (TPSA) is 110 Å². The molecule has 0 unspecified atom stereocenters. The fourth-order valence-electron chi connectivity index (χ4n) is 2.98. The zero-order valence-electron chi connectivity index (χ0n) is 11.5. The average Bonchev–Trinajstić information content (AvgIpc) is 3.21. The highest BCUT2D eigenvalue weighted by Gasteiger charge is 2.51. The highest BCUT2D eigenvalue weighted by atomic mass is 16.6. The molecule has 0 spiro atoms. The number of nitro benzene ring substituents is 1. The predicted octanol–water partition coefficient (Wildman–Crippen LogP) is 0.650. The summed E-state index contributed by atoms with van der Waals surface area (Å²) in [7, 11) is 0. The Morgan fingerprint density at radius 1 is 1.48 bits per heavy atom. The Morgan fingerprint density at radius 3 is 2.67 bits per heavy atom. The fraction of sp³-hybridized carbons (Fsp3) is 0.500. The minimum atomic E-state index is -0.684. The minimum absolute atomic E-state index is 0.104. The van der Waals surface area contributed by atoms with Gasteiger partial charge in [-0.05, 0) is 24.8 Å². The lowest BCUT2D eigenvalue weighted by Crippen LogP contribution is -2.62. The maximum Gasteiger partial charge on any atom is 0.274 e. The lowest BCUT2D eigenvalue weighted by molar-refractivity contribution is -0.385. The predicted molar refractivity (Wildman–Crippen MR) is 74.6 cm³/mol. The zero-order chi connectivity index (χ0) is 15.2. The van der Waals surface area contributed by atoms with Gasteiger partial charge in [-0.3, -0.25) is 19.8 Å². The number of aliphatic hydroxyl groups is 1. The normalized spacial score (nSPS) is 20.8. The van der Waals surface area contributed by atoms with Crippen LogP contribution in [0.15, 0.2) is 18.2 Å². The van der Waals surface area contributed by atoms with Crippen LogP contribution in [-0.2, 0) is 6.54 Å². The number of β-amino-alcohol motifs (C(OH)–C–C–N with tert-alkyl or cyclic N) is 1. The molecule has 0 atom stereocenters. The van der Waals surface area contributed by atoms with E-state index in [1.165, 1.54) is 12.1 Å². The molecule has 1 amide bonds. The summed E-state index contributed by atoms with van der Waals surface area (Å²) in [5.41, 5.74) is 5.09. The second-order valence-corrected chi connectivity index (χ2v) is 5.99. The van der Waals surface area contributed by atoms with Gasteiger partial charge in [0.1, 0.15) is 0 Å². The van der Waals surface area contributed by atoms with Crippen molar-refractivity contribution in [2.24, 2.45) is 11.7 Å². The molecule has 1 aromatic rings. The van der Waals surface area contributed by atoms with Gasteiger partial charge in [0.15, 0.2) is 0 Å². The molecule has 1 aliphatic heterocycles. The first-order valence-electron chi connectivity index (χ1n) is 6.91. The summed E-state index contributed by atoms with van der Waals surface area (Å²) in [6.07, 6.45) is 2.13. The maximum atomic E-state index is 11.1. The van der Waals surface area contributed by atoms with Gasteiger partial charge in [-0.1, -0.05) is 6.07 Å². The second-order valence-electron chi connectivity index (χ2n) is 5.99. The average molecular weight is 291 g/mol. The first kappa shape index (κ1) is 14.0. The van der Waals surface area contributed by atoms with Crippen LogP contribution in [0.25, 0.3) is 0 Å². The van der Waals surface area contributed by atoms with Gasteiger partial charge >= 0.3 is 0 Å². The Kier molecular flexibility index (Phi) is 3.18. The van der Waals surface area contributed by atoms with Gasteiger partial charge in [-0.2, -0.15) is 0 Å². The summed E-state index contributed by atoms with van der Waals surface area (Å²) < 4.78 is 0. The molecule has 1 heterocycles. The van der Waals surface area contributed by atoms with Crippen molar-refractivity contribution >= 4 is 11.6 Å². The summed E-state index contributed by atoms with van der Waals surface area (Å²) in [5, 5.41) is 21.4. The van der Waals surface area contributed by atoms with E-state index in [9.17, 15) is 20.0 Å². The third-order valence-electron chi connectivity index (χ3n) is 4.29. The highest BCUT2D eigenvalue weighted by molar-refractivity contribution is 5.93. The van der Waals surface area contributed by atoms with Crippen LogP contribution in [0, 0.1) is 16.0 Å². The van der Waals surface area contributed by atoms with Crippen LogP contribution < -0.4 is 5.73 Å². The molecule has 7 nitrogen and oxygen atoms in total. The molecule has 0 aromatic heterocycles. The Morgan fingerprint density at radius 2 is 2.14 bits per heavy atom. The molecule has 1 saturated carbocycles. The summed E-state index contributed by atoms with van der Waals surface area (Å²) >= 11 is 0. The van der Waals surface area contributed by atoms with Gasteiger partial charge < -0.3 is 10.8 Å². The number of benzene rings is 1. The summed E-state index contributed by atoms with van der Waals surface area (Å²) in [6, 6.07) is 4.27. The number of nitrogens with zero attached hydrogens (tertiary/aromatic N) is 2. The number of carbonyl (C=O) groups is 1. The summed E-state index contributed by atoms with van der Waals surface area (Å²) in [4.78, 5) is 23.7. The van der Waals surface area contributed by atoms with Crippen LogP contribution in [0.4, 0.5) is 5.69 Å². The van der Waals surface area contributed by atoms with Gasteiger partial charge in [0.25, 0.3) is 5.69 Å². The van der Waals surface area contributed by atoms with E-state index >= 15 is 0 Å². The van der Waals surface area contributed by atoms with Gasteiger partial charge in [0.2, 0.25) is 5.91 Å². The number of hydrogen-bond donors (Lipinski definition) is 2. The molecule has 1 saturated heterocycles. The molecular weight excluding hydrogens is 274 g/mol. The van der Waals surface area contributed by atoms with E-state index in [0.717, 1.165) is 12.8 Å². The quantitative estimate of drug-likeness (QED) is 0.611. The Labute approximate surface area is 121 Å². The van der Waals surface area contributed by atoms with Crippen molar-refractivity contribution in [1.82, 2.24) is 4.90 Å². The number of nitro groups is 1. The molecule has 0 bridgehead atoms. The zero-order valence-corrected chi connectivity index (χ0v) is 11.5. The van der Waals surface area contributed by atoms with Gasteiger partial charge in [0.05, 0.1) is 10.5 Å². The first-order chi connectivity index (χ1) is 9.89. The van der Waals surface area contributed by atoms with E-state index in [0.29, 0.717) is 31.1 Å². The Bertz CT molecular complexity index is 606. The van der Waals surface area contributed by atoms with E-state index in [1.807, 2.05) is 4.90 Å². The van der Waals surface area contributed by atoms with Crippen molar-refractivity contribution < 1.29 is 14.8 Å². The van der Waals surface area contributed by atoms with Crippen molar-refractivity contribution in [1.29, 1.82) is 0 Å². The van der Waals surface area contributed by atoms with Gasteiger partial charge in [-0.25, -0.2) is 0 Å². The van der Waals surface area contributed by atoms with Gasteiger partial charge in [-0.15, -0.1) is 0 Å². The number of amides is 1. The van der Waals surface area contributed by atoms with Crippen molar-refractivity contribution in [3.63, 3.8) is 0 Å². The number of primary amides is 1. The standard InChI is InChI=1S/C14H17N3O4/c15-13(18)9-1-2-10(12(5-9)17(20)21)6-16-7-14(19,8-16)11-3-4-11/h1-2,5,11,19H,3-4,6-8H2,(H2,15,18). The second kappa shape index (κ2) is 4.78. The van der Waals surface area contributed by atoms with Gasteiger partial charge in [0, 0.05) is 36.8 Å². The molecule has 0 radical (unpaired) electrons. The molecule has 3 rings (SSSR count). The lowest BCUT2D eigenvalue weighted by atomic mass is 9.88. The van der Waals surface area contributed by atoms with Crippen LogP contribution in [-0.4, -0.2) is 39.5 Å². The number of nitrogens with two attached hydrogens (primary N) is 1. The minimum Gasteiger partial charge on any atom is -0.387 e. The van der Waals surface area contributed by atoms with Crippen LogP contribution in [0.2, 0.25) is 0 Å². The van der Waals surface area contributed by atoms with E-state index in [2.05, 4.69) is 0 Å². The summed E-state index contributed by atoms with van der Waals surface area (Å²) in [6.45, 7) is 1.49. The first-order valence-corrected chi connectivity index (χ1v) is 6.91. The molecule has 7 heteroatoms. The van der Waals surface area contributed by atoms with Crippen molar-refractivity contribution in [2.45, 2.75) is 25.0 Å². The fourth-order valence-corrected chi connectivity index (χ4v) is 2.98. The Hall–Kier alpha value is -1.99. The smallest absolute Gasteiger partial charge is 0.274 e. The number of likely N-dealkylation sites (tertiary alicyclic amines) is 1. The molecule has 3 N–H and O–H groups in total. The Balaban J connectivity index is 1.73. The monoisotopic (exact) mass is 291 g/mol. The molecule has 21 heavy (non-hydrogen) atoms. The van der Waals surface area contributed by atoms with Crippen LogP contribution >= 0.6 is 0 Å². The van der Waals surface area contributed by atoms with E-state index in [1.54, 1.807) is 6.07 Å². The molecular formula is C14H17N3O4. The van der Waals surface area contributed by atoms with Crippen molar-refractivity contribution in [3.05, 3.63) is 39.4 Å². The molecule has 2 fully saturated rings. The molecule has 112 valence electrons. The van der Waals surface area contributed by atoms with Crippen LogP contribution in [0.5, 0.6) is 0 Å². The number of carbonyl (C=O) groups excluding carboxylic acids is 1. The van der Waals surface area contributed by atoms with E-state index < -0.39 is 16.4 Å². The molecule has 1 aromatic carbocycles. The van der Waals surface area contributed by atoms with E-state index in [4.69, 9.17) is 5.73 Å². The molecule has 1 aliphatic carbocycles. The van der Waals surface area contributed by atoms with Crippen LogP contribution in [0.1, 0.15) is 28.8 Å². The lowest BCUT2D eigenvalue weighted by Gasteiger charge is -2.47.